The third kappa shape index (κ3) is 2.43. The number of nitrogens with zero attached hydrogens (tertiary/aromatic N) is 2. The largest absolute Gasteiger partial charge is 0.481 e. The number of aryl methyl sites for hydroxylation is 2. The van der Waals surface area contributed by atoms with Gasteiger partial charge in [0.1, 0.15) is 6.10 Å². The Morgan fingerprint density at radius 2 is 2.05 bits per heavy atom. The van der Waals surface area contributed by atoms with Gasteiger partial charge in [-0.2, -0.15) is 5.10 Å². The van der Waals surface area contributed by atoms with Crippen molar-refractivity contribution in [2.75, 3.05) is 7.11 Å². The summed E-state index contributed by atoms with van der Waals surface area (Å²) >= 11 is 12.1. The van der Waals surface area contributed by atoms with Crippen LogP contribution < -0.4 is 4.74 Å². The first kappa shape index (κ1) is 14.2. The smallest absolute Gasteiger partial charge is 0.217 e. The predicted molar refractivity (Wildman–Crippen MR) is 75.0 cm³/mol. The normalized spacial score (nSPS) is 12.5. The first-order valence-electron chi connectivity index (χ1n) is 5.66. The molecule has 1 unspecified atom stereocenters. The predicted octanol–water partition coefficient (Wildman–Crippen LogP) is 3.13. The van der Waals surface area contributed by atoms with E-state index in [2.05, 4.69) is 5.10 Å². The van der Waals surface area contributed by atoms with E-state index in [1.54, 1.807) is 36.9 Å². The topological polar surface area (TPSA) is 47.3 Å². The van der Waals surface area contributed by atoms with Crippen LogP contribution in [0.3, 0.4) is 0 Å². The quantitative estimate of drug-likeness (QED) is 0.947. The molecular weight excluding hydrogens is 287 g/mol. The highest BCUT2D eigenvalue weighted by Gasteiger charge is 2.25. The molecule has 1 N–H and O–H groups in total. The molecule has 0 aliphatic carbocycles. The molecule has 2 aromatic rings. The fourth-order valence-corrected chi connectivity index (χ4v) is 2.51. The van der Waals surface area contributed by atoms with Gasteiger partial charge in [-0.15, -0.1) is 0 Å². The lowest BCUT2D eigenvalue weighted by molar-refractivity contribution is 0.213. The molecule has 1 atom stereocenters. The zero-order valence-electron chi connectivity index (χ0n) is 10.8. The molecule has 0 saturated carbocycles. The second-order valence-corrected chi connectivity index (χ2v) is 4.96. The van der Waals surface area contributed by atoms with Crippen molar-refractivity contribution >= 4 is 23.2 Å². The van der Waals surface area contributed by atoms with Crippen LogP contribution in [0.2, 0.25) is 10.0 Å². The first-order valence-corrected chi connectivity index (χ1v) is 6.42. The van der Waals surface area contributed by atoms with Crippen molar-refractivity contribution < 1.29 is 9.84 Å². The zero-order valence-corrected chi connectivity index (χ0v) is 12.3. The minimum Gasteiger partial charge on any atom is -0.481 e. The summed E-state index contributed by atoms with van der Waals surface area (Å²) in [7, 11) is 3.29. The molecule has 0 radical (unpaired) electrons. The van der Waals surface area contributed by atoms with E-state index in [-0.39, 0.29) is 0 Å². The van der Waals surface area contributed by atoms with Crippen molar-refractivity contribution in [1.82, 2.24) is 9.78 Å². The molecule has 102 valence electrons. The number of ether oxygens (including phenoxy) is 1. The number of benzene rings is 1. The lowest BCUT2D eigenvalue weighted by Crippen LogP contribution is -2.04. The van der Waals surface area contributed by atoms with E-state index in [0.717, 1.165) is 0 Å². The highest BCUT2D eigenvalue weighted by molar-refractivity contribution is 6.42. The molecule has 0 fully saturated rings. The number of hydrogen-bond acceptors (Lipinski definition) is 3. The maximum atomic E-state index is 10.5. The van der Waals surface area contributed by atoms with Crippen LogP contribution in [0.15, 0.2) is 18.2 Å². The standard InChI is InChI=1S/C13H14Cl2N2O2/c1-7-10(13(19-3)17(2)16-7)12(18)8-5-4-6-9(14)11(8)15/h4-6,12,18H,1-3H3. The monoisotopic (exact) mass is 300 g/mol. The molecule has 0 aliphatic heterocycles. The van der Waals surface area contributed by atoms with Gasteiger partial charge >= 0.3 is 0 Å². The molecule has 4 nitrogen and oxygen atoms in total. The fourth-order valence-electron chi connectivity index (χ4n) is 2.10. The van der Waals surface area contributed by atoms with Gasteiger partial charge in [-0.1, -0.05) is 35.3 Å². The molecule has 6 heteroatoms. The van der Waals surface area contributed by atoms with Crippen molar-refractivity contribution in [3.8, 4) is 5.88 Å². The van der Waals surface area contributed by atoms with Gasteiger partial charge in [0, 0.05) is 12.6 Å². The van der Waals surface area contributed by atoms with Crippen molar-refractivity contribution in [2.45, 2.75) is 13.0 Å². The van der Waals surface area contributed by atoms with E-state index in [4.69, 9.17) is 27.9 Å². The molecule has 1 aromatic heterocycles. The number of hydrogen-bond donors (Lipinski definition) is 1. The molecule has 0 aliphatic rings. The van der Waals surface area contributed by atoms with E-state index in [0.29, 0.717) is 32.7 Å². The van der Waals surface area contributed by atoms with E-state index < -0.39 is 6.10 Å². The Bertz CT molecular complexity index is 611. The second-order valence-electron chi connectivity index (χ2n) is 4.18. The Morgan fingerprint density at radius 3 is 2.68 bits per heavy atom. The van der Waals surface area contributed by atoms with Crippen LogP contribution in [0.5, 0.6) is 5.88 Å². The van der Waals surface area contributed by atoms with Gasteiger partial charge in [0.15, 0.2) is 0 Å². The van der Waals surface area contributed by atoms with Gasteiger partial charge in [0.2, 0.25) is 5.88 Å². The molecule has 2 rings (SSSR count). The maximum absolute atomic E-state index is 10.5. The molecule has 19 heavy (non-hydrogen) atoms. The Balaban J connectivity index is 2.56. The summed E-state index contributed by atoms with van der Waals surface area (Å²) in [6, 6.07) is 5.14. The Kier molecular flexibility index (Phi) is 4.04. The van der Waals surface area contributed by atoms with Crippen LogP contribution in [0, 0.1) is 6.92 Å². The van der Waals surface area contributed by atoms with E-state index >= 15 is 0 Å². The summed E-state index contributed by atoms with van der Waals surface area (Å²) in [5, 5.41) is 15.5. The fraction of sp³-hybridized carbons (Fsp3) is 0.308. The average Bonchev–Trinajstić information content (AvgIpc) is 2.66. The summed E-state index contributed by atoms with van der Waals surface area (Å²) in [6.07, 6.45) is -0.935. The molecule has 0 spiro atoms. The minimum absolute atomic E-state index is 0.335. The van der Waals surface area contributed by atoms with E-state index in [1.807, 2.05) is 0 Å². The highest BCUT2D eigenvalue weighted by Crippen LogP contribution is 2.37. The van der Waals surface area contributed by atoms with Crippen LogP contribution in [0.25, 0.3) is 0 Å². The van der Waals surface area contributed by atoms with Gasteiger partial charge < -0.3 is 9.84 Å². The number of methoxy groups -OCH3 is 1. The van der Waals surface area contributed by atoms with Crippen LogP contribution in [0.1, 0.15) is 22.9 Å². The van der Waals surface area contributed by atoms with Crippen LogP contribution in [-0.4, -0.2) is 22.0 Å². The number of rotatable bonds is 3. The summed E-state index contributed by atoms with van der Waals surface area (Å²) in [5.74, 6) is 0.501. The molecule has 0 bridgehead atoms. The molecule has 1 aromatic carbocycles. The average molecular weight is 301 g/mol. The zero-order chi connectivity index (χ0) is 14.2. The van der Waals surface area contributed by atoms with Crippen LogP contribution in [0.4, 0.5) is 0 Å². The summed E-state index contributed by atoms with van der Waals surface area (Å²) in [5.41, 5.74) is 1.81. The Hall–Kier alpha value is -1.23. The van der Waals surface area contributed by atoms with E-state index in [9.17, 15) is 5.11 Å². The number of halogens is 2. The summed E-state index contributed by atoms with van der Waals surface area (Å²) in [6.45, 7) is 1.81. The van der Waals surface area contributed by atoms with Crippen molar-refractivity contribution in [3.05, 3.63) is 45.1 Å². The molecule has 0 amide bonds. The first-order chi connectivity index (χ1) is 8.97. The van der Waals surface area contributed by atoms with E-state index in [1.165, 1.54) is 7.11 Å². The molecule has 0 saturated heterocycles. The number of aromatic nitrogens is 2. The third-order valence-corrected chi connectivity index (χ3v) is 3.79. The third-order valence-electron chi connectivity index (χ3n) is 2.96. The SMILES string of the molecule is COc1c(C(O)c2cccc(Cl)c2Cl)c(C)nn1C. The van der Waals surface area contributed by atoms with Gasteiger partial charge in [-0.05, 0) is 13.0 Å². The molecule has 1 heterocycles. The van der Waals surface area contributed by atoms with Crippen molar-refractivity contribution in [3.63, 3.8) is 0 Å². The highest BCUT2D eigenvalue weighted by atomic mass is 35.5. The summed E-state index contributed by atoms with van der Waals surface area (Å²) < 4.78 is 6.85. The maximum Gasteiger partial charge on any atom is 0.217 e. The van der Waals surface area contributed by atoms with Gasteiger partial charge in [0.25, 0.3) is 0 Å². The Morgan fingerprint density at radius 1 is 1.37 bits per heavy atom. The molecular formula is C13H14Cl2N2O2. The van der Waals surface area contributed by atoms with Gasteiger partial charge in [0.05, 0.1) is 28.4 Å². The van der Waals surface area contributed by atoms with Crippen molar-refractivity contribution in [1.29, 1.82) is 0 Å². The lowest BCUT2D eigenvalue weighted by Gasteiger charge is -2.14. The van der Waals surface area contributed by atoms with Crippen LogP contribution >= 0.6 is 23.2 Å². The van der Waals surface area contributed by atoms with Crippen LogP contribution in [-0.2, 0) is 7.05 Å². The number of aliphatic hydroxyl groups is 1. The van der Waals surface area contributed by atoms with Crippen molar-refractivity contribution in [2.24, 2.45) is 7.05 Å². The Labute approximate surface area is 121 Å². The second kappa shape index (κ2) is 5.41. The minimum atomic E-state index is -0.935. The van der Waals surface area contributed by atoms with Gasteiger partial charge in [-0.25, -0.2) is 4.68 Å². The lowest BCUT2D eigenvalue weighted by atomic mass is 10.0. The summed E-state index contributed by atoms with van der Waals surface area (Å²) in [4.78, 5) is 0. The number of aliphatic hydroxyl groups excluding tert-OH is 1. The van der Waals surface area contributed by atoms with Gasteiger partial charge in [-0.3, -0.25) is 0 Å².